The van der Waals surface area contributed by atoms with Gasteiger partial charge in [0.05, 0.1) is 12.6 Å². The van der Waals surface area contributed by atoms with Crippen LogP contribution in [0.1, 0.15) is 43.7 Å². The monoisotopic (exact) mass is 328 g/mol. The Morgan fingerprint density at radius 3 is 2.82 bits per heavy atom. The van der Waals surface area contributed by atoms with E-state index in [9.17, 15) is 8.42 Å². The molecular weight excluding hydrogens is 304 g/mol. The molecule has 124 valence electrons. The van der Waals surface area contributed by atoms with Crippen LogP contribution in [0.25, 0.3) is 0 Å². The molecule has 3 heterocycles. The Bertz CT molecular complexity index is 590. The van der Waals surface area contributed by atoms with E-state index in [1.165, 1.54) is 0 Å². The molecule has 2 fully saturated rings. The minimum absolute atomic E-state index is 0.172. The summed E-state index contributed by atoms with van der Waals surface area (Å²) in [4.78, 5) is 0. The number of ether oxygens (including phenoxy) is 1. The van der Waals surface area contributed by atoms with Crippen molar-refractivity contribution in [3.8, 4) is 0 Å². The third-order valence-corrected chi connectivity index (χ3v) is 6.41. The van der Waals surface area contributed by atoms with Crippen LogP contribution in [0, 0.1) is 0 Å². The predicted molar refractivity (Wildman–Crippen MR) is 82.7 cm³/mol. The molecule has 0 bridgehead atoms. The first-order valence-electron chi connectivity index (χ1n) is 8.06. The fourth-order valence-electron chi connectivity index (χ4n) is 3.17. The minimum Gasteiger partial charge on any atom is -0.464 e. The molecule has 0 aromatic carbocycles. The molecule has 3 rings (SSSR count). The molecule has 0 saturated carbocycles. The lowest BCUT2D eigenvalue weighted by atomic mass is 10.2. The Morgan fingerprint density at radius 2 is 2.05 bits per heavy atom. The number of furan rings is 1. The fraction of sp³-hybridized carbons (Fsp3) is 0.733. The highest BCUT2D eigenvalue weighted by atomic mass is 32.2. The third kappa shape index (κ3) is 3.08. The largest absolute Gasteiger partial charge is 0.464 e. The van der Waals surface area contributed by atoms with Crippen molar-refractivity contribution < 1.29 is 17.6 Å². The first kappa shape index (κ1) is 16.0. The highest BCUT2D eigenvalue weighted by Crippen LogP contribution is 2.36. The number of nitrogens with zero attached hydrogens (tertiary/aromatic N) is 2. The van der Waals surface area contributed by atoms with Crippen LogP contribution in [-0.4, -0.2) is 49.9 Å². The second-order valence-electron chi connectivity index (χ2n) is 5.80. The van der Waals surface area contributed by atoms with E-state index in [-0.39, 0.29) is 6.04 Å². The average Bonchev–Trinajstić information content (AvgIpc) is 3.09. The van der Waals surface area contributed by atoms with Crippen LogP contribution >= 0.6 is 0 Å². The highest BCUT2D eigenvalue weighted by Gasteiger charge is 2.40. The summed E-state index contributed by atoms with van der Waals surface area (Å²) in [6, 6.07) is 3.69. The zero-order valence-corrected chi connectivity index (χ0v) is 13.8. The van der Waals surface area contributed by atoms with Crippen molar-refractivity contribution in [3.63, 3.8) is 0 Å². The molecule has 0 unspecified atom stereocenters. The summed E-state index contributed by atoms with van der Waals surface area (Å²) in [5.41, 5.74) is 0. The van der Waals surface area contributed by atoms with E-state index in [0.717, 1.165) is 37.2 Å². The van der Waals surface area contributed by atoms with Crippen molar-refractivity contribution in [1.82, 2.24) is 8.61 Å². The first-order valence-corrected chi connectivity index (χ1v) is 9.46. The van der Waals surface area contributed by atoms with E-state index in [1.807, 2.05) is 19.1 Å². The SMILES string of the molecule is CCc1ccc([C@H]2CCCN2S(=O)(=O)N2CCCOCC2)o1. The normalized spacial score (nSPS) is 25.4. The number of aryl methyl sites for hydroxylation is 1. The van der Waals surface area contributed by atoms with E-state index in [1.54, 1.807) is 8.61 Å². The smallest absolute Gasteiger partial charge is 0.282 e. The molecule has 1 aromatic heterocycles. The van der Waals surface area contributed by atoms with Gasteiger partial charge in [0.25, 0.3) is 10.2 Å². The standard InChI is InChI=1S/C15H24N2O4S/c1-2-13-6-7-15(21-13)14-5-3-9-17(14)22(18,19)16-8-4-11-20-12-10-16/h6-7,14H,2-5,8-12H2,1H3/t14-/m1/s1. The average molecular weight is 328 g/mol. The molecule has 2 aliphatic rings. The van der Waals surface area contributed by atoms with Crippen LogP contribution in [-0.2, 0) is 21.4 Å². The molecule has 7 heteroatoms. The van der Waals surface area contributed by atoms with Crippen LogP contribution in [0.5, 0.6) is 0 Å². The number of hydrogen-bond acceptors (Lipinski definition) is 4. The molecular formula is C15H24N2O4S. The second-order valence-corrected chi connectivity index (χ2v) is 7.68. The first-order chi connectivity index (χ1) is 10.6. The number of rotatable bonds is 4. The lowest BCUT2D eigenvalue weighted by Crippen LogP contribution is -2.44. The summed E-state index contributed by atoms with van der Waals surface area (Å²) in [6.07, 6.45) is 3.26. The maximum atomic E-state index is 13.0. The predicted octanol–water partition coefficient (Wildman–Crippen LogP) is 1.95. The van der Waals surface area contributed by atoms with Gasteiger partial charge >= 0.3 is 0 Å². The van der Waals surface area contributed by atoms with Crippen LogP contribution in [0.4, 0.5) is 0 Å². The molecule has 1 aromatic rings. The van der Waals surface area contributed by atoms with Gasteiger partial charge in [-0.25, -0.2) is 0 Å². The summed E-state index contributed by atoms with van der Waals surface area (Å²) in [5, 5.41) is 0. The van der Waals surface area contributed by atoms with Gasteiger partial charge < -0.3 is 9.15 Å². The van der Waals surface area contributed by atoms with Gasteiger partial charge in [-0.3, -0.25) is 0 Å². The molecule has 0 spiro atoms. The summed E-state index contributed by atoms with van der Waals surface area (Å²) in [6.45, 7) is 4.66. The van der Waals surface area contributed by atoms with Crippen LogP contribution in [0.2, 0.25) is 0 Å². The van der Waals surface area contributed by atoms with Gasteiger partial charge in [0.15, 0.2) is 0 Å². The van der Waals surface area contributed by atoms with E-state index >= 15 is 0 Å². The van der Waals surface area contributed by atoms with Crippen molar-refractivity contribution in [2.45, 2.75) is 38.6 Å². The van der Waals surface area contributed by atoms with Gasteiger partial charge in [-0.15, -0.1) is 0 Å². The van der Waals surface area contributed by atoms with Crippen molar-refractivity contribution in [1.29, 1.82) is 0 Å². The minimum atomic E-state index is -3.45. The molecule has 2 aliphatic heterocycles. The topological polar surface area (TPSA) is 63.0 Å². The third-order valence-electron chi connectivity index (χ3n) is 4.37. The van der Waals surface area contributed by atoms with Crippen molar-refractivity contribution in [3.05, 3.63) is 23.7 Å². The molecule has 1 atom stereocenters. The molecule has 0 N–H and O–H groups in total. The van der Waals surface area contributed by atoms with Gasteiger partial charge in [-0.1, -0.05) is 6.92 Å². The summed E-state index contributed by atoms with van der Waals surface area (Å²) < 4.78 is 40.2. The van der Waals surface area contributed by atoms with E-state index in [0.29, 0.717) is 32.8 Å². The second kappa shape index (κ2) is 6.70. The zero-order chi connectivity index (χ0) is 15.6. The Morgan fingerprint density at radius 1 is 1.18 bits per heavy atom. The molecule has 2 saturated heterocycles. The Labute approximate surface area is 132 Å². The fourth-order valence-corrected chi connectivity index (χ4v) is 5.02. The van der Waals surface area contributed by atoms with Gasteiger partial charge in [0.2, 0.25) is 0 Å². The summed E-state index contributed by atoms with van der Waals surface area (Å²) >= 11 is 0. The quantitative estimate of drug-likeness (QED) is 0.847. The molecule has 6 nitrogen and oxygen atoms in total. The summed E-state index contributed by atoms with van der Waals surface area (Å²) in [5.74, 6) is 1.67. The maximum Gasteiger partial charge on any atom is 0.282 e. The lowest BCUT2D eigenvalue weighted by Gasteiger charge is -2.29. The maximum absolute atomic E-state index is 13.0. The molecule has 0 radical (unpaired) electrons. The summed E-state index contributed by atoms with van der Waals surface area (Å²) in [7, 11) is -3.45. The molecule has 0 aliphatic carbocycles. The van der Waals surface area contributed by atoms with Gasteiger partial charge in [0, 0.05) is 32.7 Å². The van der Waals surface area contributed by atoms with Crippen LogP contribution in [0.15, 0.2) is 16.5 Å². The number of hydrogen-bond donors (Lipinski definition) is 0. The molecule has 22 heavy (non-hydrogen) atoms. The van der Waals surface area contributed by atoms with Crippen molar-refractivity contribution in [2.24, 2.45) is 0 Å². The van der Waals surface area contributed by atoms with Crippen molar-refractivity contribution in [2.75, 3.05) is 32.8 Å². The van der Waals surface area contributed by atoms with Gasteiger partial charge in [0.1, 0.15) is 11.5 Å². The van der Waals surface area contributed by atoms with Gasteiger partial charge in [-0.05, 0) is 31.4 Å². The Kier molecular flexibility index (Phi) is 4.87. The Balaban J connectivity index is 1.81. The van der Waals surface area contributed by atoms with Crippen molar-refractivity contribution >= 4 is 10.2 Å². The lowest BCUT2D eigenvalue weighted by molar-refractivity contribution is 0.147. The zero-order valence-electron chi connectivity index (χ0n) is 13.0. The highest BCUT2D eigenvalue weighted by molar-refractivity contribution is 7.86. The molecule has 0 amide bonds. The van der Waals surface area contributed by atoms with E-state index in [4.69, 9.17) is 9.15 Å². The van der Waals surface area contributed by atoms with E-state index in [2.05, 4.69) is 0 Å². The van der Waals surface area contributed by atoms with Gasteiger partial charge in [-0.2, -0.15) is 17.0 Å². The van der Waals surface area contributed by atoms with Crippen LogP contribution < -0.4 is 0 Å². The van der Waals surface area contributed by atoms with Crippen LogP contribution in [0.3, 0.4) is 0 Å². The Hall–Kier alpha value is -0.890. The van der Waals surface area contributed by atoms with E-state index < -0.39 is 10.2 Å².